The lowest BCUT2D eigenvalue weighted by Gasteiger charge is -2.15. The van der Waals surface area contributed by atoms with Gasteiger partial charge in [0, 0.05) is 24.8 Å². The number of rotatable bonds is 3. The van der Waals surface area contributed by atoms with Gasteiger partial charge < -0.3 is 4.57 Å². The molecule has 3 nitrogen and oxygen atoms in total. The Morgan fingerprint density at radius 3 is 2.89 bits per heavy atom. The van der Waals surface area contributed by atoms with Gasteiger partial charge in [-0.2, -0.15) is 0 Å². The monoisotopic (exact) mass is 255 g/mol. The Hall–Kier alpha value is -1.94. The Labute approximate surface area is 110 Å². The van der Waals surface area contributed by atoms with E-state index < -0.39 is 0 Å². The van der Waals surface area contributed by atoms with Gasteiger partial charge >= 0.3 is 0 Å². The van der Waals surface area contributed by atoms with Crippen LogP contribution >= 0.6 is 11.3 Å². The zero-order chi connectivity index (χ0) is 12.4. The molecule has 4 heteroatoms. The molecule has 0 spiro atoms. The van der Waals surface area contributed by atoms with Gasteiger partial charge in [0.25, 0.3) is 0 Å². The second kappa shape index (κ2) is 4.74. The van der Waals surface area contributed by atoms with Crippen molar-refractivity contribution in [2.75, 3.05) is 0 Å². The molecule has 0 saturated carbocycles. The third-order valence-electron chi connectivity index (χ3n) is 2.99. The lowest BCUT2D eigenvalue weighted by Crippen LogP contribution is -2.07. The molecule has 0 N–H and O–H groups in total. The fourth-order valence-corrected chi connectivity index (χ4v) is 2.73. The molecule has 0 aliphatic carbocycles. The highest BCUT2D eigenvalue weighted by molar-refractivity contribution is 7.13. The first-order valence-corrected chi connectivity index (χ1v) is 6.71. The van der Waals surface area contributed by atoms with Crippen LogP contribution in [0.5, 0.6) is 0 Å². The predicted octanol–water partition coefficient (Wildman–Crippen LogP) is 3.62. The Morgan fingerprint density at radius 2 is 2.17 bits per heavy atom. The maximum absolute atomic E-state index is 4.46. The molecule has 3 aromatic rings. The summed E-state index contributed by atoms with van der Waals surface area (Å²) in [4.78, 5) is 9.83. The summed E-state index contributed by atoms with van der Waals surface area (Å²) in [5, 5.41) is 2.07. The smallest absolute Gasteiger partial charge is 0.150 e. The van der Waals surface area contributed by atoms with E-state index in [1.807, 2.05) is 30.7 Å². The van der Waals surface area contributed by atoms with Crippen molar-refractivity contribution in [3.8, 4) is 10.7 Å². The number of pyridine rings is 1. The van der Waals surface area contributed by atoms with E-state index in [1.165, 1.54) is 10.4 Å². The summed E-state index contributed by atoms with van der Waals surface area (Å²) in [5.74, 6) is 1.02. The van der Waals surface area contributed by atoms with Gasteiger partial charge in [0.15, 0.2) is 5.82 Å². The highest BCUT2D eigenvalue weighted by Gasteiger charge is 2.13. The molecule has 3 heterocycles. The summed E-state index contributed by atoms with van der Waals surface area (Å²) < 4.78 is 2.18. The van der Waals surface area contributed by atoms with Crippen LogP contribution in [0.1, 0.15) is 18.5 Å². The van der Waals surface area contributed by atoms with Crippen LogP contribution in [-0.2, 0) is 0 Å². The molecule has 0 saturated heterocycles. The molecule has 0 amide bonds. The van der Waals surface area contributed by atoms with Crippen molar-refractivity contribution in [3.63, 3.8) is 0 Å². The quantitative estimate of drug-likeness (QED) is 0.715. The van der Waals surface area contributed by atoms with Gasteiger partial charge in [0.2, 0.25) is 0 Å². The first kappa shape index (κ1) is 11.2. The van der Waals surface area contributed by atoms with Crippen molar-refractivity contribution in [3.05, 3.63) is 60.0 Å². The number of hydrogen-bond donors (Lipinski definition) is 0. The molecular formula is C14H13N3S. The minimum absolute atomic E-state index is 0.235. The molecule has 1 atom stereocenters. The fraction of sp³-hybridized carbons (Fsp3) is 0.143. The third-order valence-corrected chi connectivity index (χ3v) is 3.86. The summed E-state index contributed by atoms with van der Waals surface area (Å²) >= 11 is 1.71. The van der Waals surface area contributed by atoms with E-state index in [9.17, 15) is 0 Å². The van der Waals surface area contributed by atoms with Gasteiger partial charge in [0.1, 0.15) is 0 Å². The van der Waals surface area contributed by atoms with Crippen LogP contribution in [0.15, 0.2) is 54.4 Å². The first-order chi connectivity index (χ1) is 8.86. The van der Waals surface area contributed by atoms with Gasteiger partial charge in [-0.25, -0.2) is 4.98 Å². The van der Waals surface area contributed by atoms with E-state index in [0.717, 1.165) is 5.82 Å². The molecule has 0 bridgehead atoms. The lowest BCUT2D eigenvalue weighted by molar-refractivity contribution is 0.644. The highest BCUT2D eigenvalue weighted by Crippen LogP contribution is 2.27. The molecule has 0 radical (unpaired) electrons. The van der Waals surface area contributed by atoms with Crippen molar-refractivity contribution in [1.29, 1.82) is 0 Å². The van der Waals surface area contributed by atoms with Crippen molar-refractivity contribution < 1.29 is 0 Å². The van der Waals surface area contributed by atoms with E-state index in [-0.39, 0.29) is 6.04 Å². The van der Waals surface area contributed by atoms with Crippen LogP contribution < -0.4 is 0 Å². The van der Waals surface area contributed by atoms with Gasteiger partial charge in [-0.15, -0.1) is 11.3 Å². The van der Waals surface area contributed by atoms with Crippen LogP contribution in [0, 0.1) is 0 Å². The van der Waals surface area contributed by atoms with Crippen LogP contribution in [-0.4, -0.2) is 14.5 Å². The predicted molar refractivity (Wildman–Crippen MR) is 73.6 cm³/mol. The SMILES string of the molecule is CC(c1cccnc1)n1ccnc1-c1cccs1. The van der Waals surface area contributed by atoms with Crippen LogP contribution in [0.2, 0.25) is 0 Å². The zero-order valence-corrected chi connectivity index (χ0v) is 10.8. The summed E-state index contributed by atoms with van der Waals surface area (Å²) in [6, 6.07) is 8.44. The van der Waals surface area contributed by atoms with E-state index in [1.54, 1.807) is 17.5 Å². The molecule has 0 aliphatic heterocycles. The number of thiophene rings is 1. The van der Waals surface area contributed by atoms with Crippen LogP contribution in [0.4, 0.5) is 0 Å². The summed E-state index contributed by atoms with van der Waals surface area (Å²) in [7, 11) is 0. The van der Waals surface area contributed by atoms with Gasteiger partial charge in [-0.3, -0.25) is 4.98 Å². The second-order valence-corrected chi connectivity index (χ2v) is 5.05. The number of hydrogen-bond acceptors (Lipinski definition) is 3. The average molecular weight is 255 g/mol. The Balaban J connectivity index is 2.01. The first-order valence-electron chi connectivity index (χ1n) is 5.83. The van der Waals surface area contributed by atoms with Crippen molar-refractivity contribution >= 4 is 11.3 Å². The minimum Gasteiger partial charge on any atom is -0.323 e. The minimum atomic E-state index is 0.235. The van der Waals surface area contributed by atoms with Gasteiger partial charge in [-0.1, -0.05) is 12.1 Å². The van der Waals surface area contributed by atoms with Crippen LogP contribution in [0.25, 0.3) is 10.7 Å². The number of imidazole rings is 1. The molecule has 18 heavy (non-hydrogen) atoms. The van der Waals surface area contributed by atoms with E-state index in [2.05, 4.69) is 39.0 Å². The molecule has 0 aliphatic rings. The third kappa shape index (κ3) is 1.95. The Morgan fingerprint density at radius 1 is 1.22 bits per heavy atom. The molecule has 0 fully saturated rings. The average Bonchev–Trinajstić information content (AvgIpc) is 3.09. The molecule has 0 aromatic carbocycles. The summed E-state index contributed by atoms with van der Waals surface area (Å²) in [5.41, 5.74) is 1.19. The molecule has 3 rings (SSSR count). The fourth-order valence-electron chi connectivity index (χ4n) is 2.01. The van der Waals surface area contributed by atoms with E-state index in [4.69, 9.17) is 0 Å². The maximum Gasteiger partial charge on any atom is 0.150 e. The molecule has 90 valence electrons. The summed E-state index contributed by atoms with van der Waals surface area (Å²) in [6.45, 7) is 2.16. The summed E-state index contributed by atoms with van der Waals surface area (Å²) in [6.07, 6.45) is 7.57. The van der Waals surface area contributed by atoms with Gasteiger partial charge in [-0.05, 0) is 30.0 Å². The van der Waals surface area contributed by atoms with Gasteiger partial charge in [0.05, 0.1) is 10.9 Å². The normalized spacial score (nSPS) is 12.5. The zero-order valence-electron chi connectivity index (χ0n) is 10.0. The van der Waals surface area contributed by atoms with E-state index in [0.29, 0.717) is 0 Å². The Kier molecular flexibility index (Phi) is 2.94. The van der Waals surface area contributed by atoms with Crippen molar-refractivity contribution in [2.24, 2.45) is 0 Å². The number of aromatic nitrogens is 3. The largest absolute Gasteiger partial charge is 0.323 e. The highest BCUT2D eigenvalue weighted by atomic mass is 32.1. The van der Waals surface area contributed by atoms with Crippen LogP contribution in [0.3, 0.4) is 0 Å². The molecule has 1 unspecified atom stereocenters. The molecule has 3 aromatic heterocycles. The van der Waals surface area contributed by atoms with E-state index >= 15 is 0 Å². The molecular weight excluding hydrogens is 242 g/mol. The standard InChI is InChI=1S/C14H13N3S/c1-11(12-4-2-6-15-10-12)17-8-7-16-14(17)13-5-3-9-18-13/h2-11H,1H3. The lowest BCUT2D eigenvalue weighted by atomic mass is 10.1. The topological polar surface area (TPSA) is 30.7 Å². The number of nitrogens with zero attached hydrogens (tertiary/aromatic N) is 3. The van der Waals surface area contributed by atoms with Crippen molar-refractivity contribution in [1.82, 2.24) is 14.5 Å². The maximum atomic E-state index is 4.46. The Bertz CT molecular complexity index is 614. The van der Waals surface area contributed by atoms with Crippen molar-refractivity contribution in [2.45, 2.75) is 13.0 Å². The second-order valence-electron chi connectivity index (χ2n) is 4.10.